The highest BCUT2D eigenvalue weighted by Gasteiger charge is 2.24. The van der Waals surface area contributed by atoms with E-state index >= 15 is 0 Å². The van der Waals surface area contributed by atoms with Gasteiger partial charge in [-0.1, -0.05) is 13.8 Å². The number of carbonyl (C=O) groups is 1. The quantitative estimate of drug-likeness (QED) is 0.878. The molecule has 4 heteroatoms. The average molecular weight is 264 g/mol. The van der Waals surface area contributed by atoms with Crippen LogP contribution in [0.2, 0.25) is 0 Å². The Hall–Kier alpha value is -1.29. The van der Waals surface area contributed by atoms with Gasteiger partial charge in [-0.3, -0.25) is 4.79 Å². The molecule has 0 aromatic carbocycles. The molecule has 0 saturated heterocycles. The third-order valence-corrected chi connectivity index (χ3v) is 4.17. The van der Waals surface area contributed by atoms with E-state index in [-0.39, 0.29) is 5.91 Å². The Kier molecular flexibility index (Phi) is 4.64. The van der Waals surface area contributed by atoms with Crippen molar-refractivity contribution in [1.82, 2.24) is 5.32 Å². The summed E-state index contributed by atoms with van der Waals surface area (Å²) in [5, 5.41) is 3.09. The summed E-state index contributed by atoms with van der Waals surface area (Å²) in [7, 11) is 0. The summed E-state index contributed by atoms with van der Waals surface area (Å²) in [4.78, 5) is 12.0. The number of furan rings is 1. The van der Waals surface area contributed by atoms with Gasteiger partial charge in [0.15, 0.2) is 0 Å². The summed E-state index contributed by atoms with van der Waals surface area (Å²) in [5.74, 6) is 2.16. The minimum atomic E-state index is -0.0450. The number of carbonyl (C=O) groups excluding carboxylic acids is 1. The average Bonchev–Trinajstić information content (AvgIpc) is 2.88. The van der Waals surface area contributed by atoms with Crippen molar-refractivity contribution in [2.45, 2.75) is 52.1 Å². The lowest BCUT2D eigenvalue weighted by atomic mass is 9.79. The van der Waals surface area contributed by atoms with Crippen LogP contribution in [0.25, 0.3) is 0 Å². The molecule has 1 aliphatic carbocycles. The third-order valence-electron chi connectivity index (χ3n) is 4.17. The second-order valence-corrected chi connectivity index (χ2v) is 5.84. The van der Waals surface area contributed by atoms with E-state index in [0.717, 1.165) is 24.7 Å². The van der Waals surface area contributed by atoms with Gasteiger partial charge in [0.1, 0.15) is 12.0 Å². The zero-order chi connectivity index (χ0) is 13.8. The molecule has 0 atom stereocenters. The summed E-state index contributed by atoms with van der Waals surface area (Å²) in [5.41, 5.74) is 6.04. The molecule has 1 aromatic heterocycles. The number of nitrogens with one attached hydrogen (secondary N) is 1. The van der Waals surface area contributed by atoms with Crippen LogP contribution in [0.4, 0.5) is 0 Å². The molecule has 1 amide bonds. The Bertz CT molecular complexity index is 418. The predicted molar refractivity (Wildman–Crippen MR) is 74.6 cm³/mol. The first-order valence-electron chi connectivity index (χ1n) is 7.18. The summed E-state index contributed by atoms with van der Waals surface area (Å²) in [6.45, 7) is 4.89. The first kappa shape index (κ1) is 14.1. The van der Waals surface area contributed by atoms with Crippen molar-refractivity contribution in [1.29, 1.82) is 0 Å². The largest absolute Gasteiger partial charge is 0.467 e. The smallest absolute Gasteiger partial charge is 0.254 e. The fourth-order valence-corrected chi connectivity index (χ4v) is 2.81. The first-order chi connectivity index (χ1) is 9.10. The fraction of sp³-hybridized carbons (Fsp3) is 0.667. The Morgan fingerprint density at radius 2 is 2.11 bits per heavy atom. The molecule has 19 heavy (non-hydrogen) atoms. The summed E-state index contributed by atoms with van der Waals surface area (Å²) < 4.78 is 5.19. The van der Waals surface area contributed by atoms with Crippen molar-refractivity contribution in [3.8, 4) is 0 Å². The van der Waals surface area contributed by atoms with Gasteiger partial charge < -0.3 is 15.5 Å². The van der Waals surface area contributed by atoms with Gasteiger partial charge in [0.25, 0.3) is 5.91 Å². The highest BCUT2D eigenvalue weighted by atomic mass is 16.3. The van der Waals surface area contributed by atoms with E-state index in [2.05, 4.69) is 19.2 Å². The Labute approximate surface area is 114 Å². The van der Waals surface area contributed by atoms with Crippen molar-refractivity contribution in [2.24, 2.45) is 17.6 Å². The molecule has 2 rings (SSSR count). The molecule has 1 heterocycles. The summed E-state index contributed by atoms with van der Waals surface area (Å²) >= 11 is 0. The molecular weight excluding hydrogens is 240 g/mol. The topological polar surface area (TPSA) is 68.3 Å². The maximum atomic E-state index is 12.0. The predicted octanol–water partition coefficient (Wildman–Crippen LogP) is 2.68. The van der Waals surface area contributed by atoms with E-state index < -0.39 is 0 Å². The summed E-state index contributed by atoms with van der Waals surface area (Å²) in [6, 6.07) is 2.02. The second kappa shape index (κ2) is 6.24. The SMILES string of the molecule is CC(C)C1CCC(NC(=O)c2coc(CN)c2)CC1. The van der Waals surface area contributed by atoms with E-state index in [0.29, 0.717) is 23.9 Å². The van der Waals surface area contributed by atoms with Crippen LogP contribution in [0.15, 0.2) is 16.7 Å². The summed E-state index contributed by atoms with van der Waals surface area (Å²) in [6.07, 6.45) is 6.06. The van der Waals surface area contributed by atoms with Gasteiger partial charge in [0, 0.05) is 6.04 Å². The molecule has 1 fully saturated rings. The van der Waals surface area contributed by atoms with E-state index in [1.54, 1.807) is 6.07 Å². The minimum Gasteiger partial charge on any atom is -0.467 e. The van der Waals surface area contributed by atoms with Crippen LogP contribution < -0.4 is 11.1 Å². The molecule has 0 spiro atoms. The molecule has 0 bridgehead atoms. The molecule has 0 radical (unpaired) electrons. The normalized spacial score (nSPS) is 23.6. The lowest BCUT2D eigenvalue weighted by Gasteiger charge is -2.31. The molecule has 1 saturated carbocycles. The van der Waals surface area contributed by atoms with Gasteiger partial charge in [-0.15, -0.1) is 0 Å². The number of rotatable bonds is 4. The van der Waals surface area contributed by atoms with Crippen molar-refractivity contribution in [2.75, 3.05) is 0 Å². The van der Waals surface area contributed by atoms with Crippen molar-refractivity contribution < 1.29 is 9.21 Å². The lowest BCUT2D eigenvalue weighted by Crippen LogP contribution is -2.38. The molecular formula is C15H24N2O2. The van der Waals surface area contributed by atoms with Crippen molar-refractivity contribution in [3.63, 3.8) is 0 Å². The zero-order valence-electron chi connectivity index (χ0n) is 11.8. The minimum absolute atomic E-state index is 0.0450. The maximum absolute atomic E-state index is 12.0. The Balaban J connectivity index is 1.83. The second-order valence-electron chi connectivity index (χ2n) is 5.84. The van der Waals surface area contributed by atoms with E-state index in [1.807, 2.05) is 0 Å². The van der Waals surface area contributed by atoms with Gasteiger partial charge in [0.2, 0.25) is 0 Å². The molecule has 3 N–H and O–H groups in total. The molecule has 1 aliphatic rings. The number of hydrogen-bond donors (Lipinski definition) is 2. The monoisotopic (exact) mass is 264 g/mol. The van der Waals surface area contributed by atoms with Gasteiger partial charge in [-0.2, -0.15) is 0 Å². The Morgan fingerprint density at radius 1 is 1.42 bits per heavy atom. The van der Waals surface area contributed by atoms with Crippen molar-refractivity contribution >= 4 is 5.91 Å². The van der Waals surface area contributed by atoms with Gasteiger partial charge in [0.05, 0.1) is 12.1 Å². The highest BCUT2D eigenvalue weighted by molar-refractivity contribution is 5.94. The van der Waals surface area contributed by atoms with Crippen molar-refractivity contribution in [3.05, 3.63) is 23.7 Å². The zero-order valence-corrected chi connectivity index (χ0v) is 11.8. The first-order valence-corrected chi connectivity index (χ1v) is 7.18. The maximum Gasteiger partial charge on any atom is 0.254 e. The fourth-order valence-electron chi connectivity index (χ4n) is 2.81. The molecule has 1 aromatic rings. The highest BCUT2D eigenvalue weighted by Crippen LogP contribution is 2.29. The Morgan fingerprint density at radius 3 is 2.63 bits per heavy atom. The third kappa shape index (κ3) is 3.60. The number of amides is 1. The van der Waals surface area contributed by atoms with Gasteiger partial charge in [-0.05, 0) is 43.6 Å². The van der Waals surface area contributed by atoms with Gasteiger partial charge in [-0.25, -0.2) is 0 Å². The van der Waals surface area contributed by atoms with Crippen LogP contribution in [0, 0.1) is 11.8 Å². The lowest BCUT2D eigenvalue weighted by molar-refractivity contribution is 0.0917. The van der Waals surface area contributed by atoms with Crippen LogP contribution in [0.3, 0.4) is 0 Å². The van der Waals surface area contributed by atoms with Crippen LogP contribution in [-0.4, -0.2) is 11.9 Å². The standard InChI is InChI=1S/C15H24N2O2/c1-10(2)11-3-5-13(6-4-11)17-15(18)12-7-14(8-16)19-9-12/h7,9-11,13H,3-6,8,16H2,1-2H3,(H,17,18). The van der Waals surface area contributed by atoms with E-state index in [9.17, 15) is 4.79 Å². The number of nitrogens with two attached hydrogens (primary N) is 1. The molecule has 0 unspecified atom stereocenters. The number of hydrogen-bond acceptors (Lipinski definition) is 3. The van der Waals surface area contributed by atoms with Crippen LogP contribution in [0.1, 0.15) is 55.6 Å². The molecule has 0 aliphatic heterocycles. The van der Waals surface area contributed by atoms with E-state index in [1.165, 1.54) is 19.1 Å². The van der Waals surface area contributed by atoms with E-state index in [4.69, 9.17) is 10.2 Å². The molecule has 4 nitrogen and oxygen atoms in total. The van der Waals surface area contributed by atoms with Crippen LogP contribution in [0.5, 0.6) is 0 Å². The van der Waals surface area contributed by atoms with Crippen LogP contribution >= 0.6 is 0 Å². The van der Waals surface area contributed by atoms with Gasteiger partial charge >= 0.3 is 0 Å². The van der Waals surface area contributed by atoms with Crippen LogP contribution in [-0.2, 0) is 6.54 Å². The molecule has 106 valence electrons.